The highest BCUT2D eigenvalue weighted by Crippen LogP contribution is 2.30. The van der Waals surface area contributed by atoms with Gasteiger partial charge in [-0.3, -0.25) is 4.57 Å². The molecule has 2 aromatic heterocycles. The third-order valence-electron chi connectivity index (χ3n) is 4.83. The number of alkyl halides is 3. The number of aromatic nitrogens is 3. The lowest BCUT2D eigenvalue weighted by Gasteiger charge is -2.31. The van der Waals surface area contributed by atoms with Crippen LogP contribution in [0.2, 0.25) is 0 Å². The van der Waals surface area contributed by atoms with Gasteiger partial charge in [0.25, 0.3) is 0 Å². The van der Waals surface area contributed by atoms with Crippen LogP contribution in [-0.4, -0.2) is 33.7 Å². The molecule has 3 heterocycles. The van der Waals surface area contributed by atoms with E-state index in [0.717, 1.165) is 27.8 Å². The molecule has 0 saturated heterocycles. The topological polar surface area (TPSA) is 90.2 Å². The number of halogens is 4. The Morgan fingerprint density at radius 2 is 1.90 bits per heavy atom. The summed E-state index contributed by atoms with van der Waals surface area (Å²) in [7, 11) is 0. The minimum atomic E-state index is -4.60. The van der Waals surface area contributed by atoms with Crippen molar-refractivity contribution in [2.45, 2.75) is 18.8 Å². The number of nitrogens with two attached hydrogens (primary N) is 1. The SMILES string of the molecule is N[C@H]1CN(c2ncn(Cc3ccc(C(F)(F)F)o3)c(=O)n2)CC=C1c1ccc(F)cc1. The zero-order valence-corrected chi connectivity index (χ0v) is 16.0. The fourth-order valence-corrected chi connectivity index (χ4v) is 3.30. The van der Waals surface area contributed by atoms with Crippen molar-refractivity contribution in [2.24, 2.45) is 5.73 Å². The number of rotatable bonds is 4. The van der Waals surface area contributed by atoms with Gasteiger partial charge >= 0.3 is 11.9 Å². The van der Waals surface area contributed by atoms with E-state index in [4.69, 9.17) is 10.2 Å². The second-order valence-corrected chi connectivity index (χ2v) is 7.01. The molecule has 0 saturated carbocycles. The largest absolute Gasteiger partial charge is 0.455 e. The number of furan rings is 1. The number of hydrogen-bond donors (Lipinski definition) is 1. The first-order chi connectivity index (χ1) is 14.7. The van der Waals surface area contributed by atoms with Crippen LogP contribution in [0.4, 0.5) is 23.5 Å². The van der Waals surface area contributed by atoms with Gasteiger partial charge in [-0.1, -0.05) is 18.2 Å². The zero-order valence-electron chi connectivity index (χ0n) is 16.0. The van der Waals surface area contributed by atoms with Gasteiger partial charge in [0.15, 0.2) is 0 Å². The number of nitrogens with zero attached hydrogens (tertiary/aromatic N) is 4. The lowest BCUT2D eigenvalue weighted by Crippen LogP contribution is -2.44. The van der Waals surface area contributed by atoms with Crippen LogP contribution in [0.1, 0.15) is 17.1 Å². The molecule has 3 aromatic rings. The molecule has 0 radical (unpaired) electrons. The molecule has 2 N–H and O–H groups in total. The van der Waals surface area contributed by atoms with Crippen LogP contribution < -0.4 is 16.3 Å². The van der Waals surface area contributed by atoms with Gasteiger partial charge in [-0.05, 0) is 35.4 Å². The minimum absolute atomic E-state index is 0.0438. The first-order valence-corrected chi connectivity index (χ1v) is 9.26. The molecule has 0 unspecified atom stereocenters. The Balaban J connectivity index is 1.49. The van der Waals surface area contributed by atoms with Crippen LogP contribution in [0.5, 0.6) is 0 Å². The zero-order chi connectivity index (χ0) is 22.2. The third-order valence-corrected chi connectivity index (χ3v) is 4.83. The summed E-state index contributed by atoms with van der Waals surface area (Å²) in [6, 6.07) is 7.54. The Labute approximate surface area is 173 Å². The van der Waals surface area contributed by atoms with E-state index in [1.54, 1.807) is 17.0 Å². The molecule has 31 heavy (non-hydrogen) atoms. The maximum atomic E-state index is 13.1. The van der Waals surface area contributed by atoms with Crippen molar-refractivity contribution in [3.63, 3.8) is 0 Å². The van der Waals surface area contributed by atoms with Gasteiger partial charge in [0, 0.05) is 19.1 Å². The Hall–Kier alpha value is -3.47. The first-order valence-electron chi connectivity index (χ1n) is 9.26. The van der Waals surface area contributed by atoms with E-state index >= 15 is 0 Å². The Bertz CT molecular complexity index is 1170. The molecular formula is C20H17F4N5O2. The normalized spacial score (nSPS) is 17.0. The highest BCUT2D eigenvalue weighted by atomic mass is 19.4. The van der Waals surface area contributed by atoms with Crippen molar-refractivity contribution in [2.75, 3.05) is 18.0 Å². The summed E-state index contributed by atoms with van der Waals surface area (Å²) in [5, 5.41) is 0. The van der Waals surface area contributed by atoms with Gasteiger partial charge in [0.2, 0.25) is 11.7 Å². The molecule has 7 nitrogen and oxygen atoms in total. The Kier molecular flexibility index (Phi) is 5.36. The lowest BCUT2D eigenvalue weighted by atomic mass is 9.95. The van der Waals surface area contributed by atoms with Gasteiger partial charge in [0.1, 0.15) is 17.9 Å². The van der Waals surface area contributed by atoms with Crippen LogP contribution in [0.15, 0.2) is 58.0 Å². The van der Waals surface area contributed by atoms with E-state index in [1.165, 1.54) is 18.5 Å². The van der Waals surface area contributed by atoms with Crippen molar-refractivity contribution in [1.82, 2.24) is 14.5 Å². The molecule has 1 aliphatic rings. The molecule has 162 valence electrons. The summed E-state index contributed by atoms with van der Waals surface area (Å²) in [4.78, 5) is 22.1. The standard InChI is InChI=1S/C20H17F4N5O2/c21-13-3-1-12(2-4-13)15-7-8-28(10-16(15)25)18-26-11-29(19(30)27-18)9-14-5-6-17(31-14)20(22,23)24/h1-7,11,16H,8-10,25H2/t16-/m0/s1. The summed E-state index contributed by atoms with van der Waals surface area (Å²) in [5.74, 6) is -1.37. The maximum Gasteiger partial charge on any atom is 0.449 e. The molecule has 1 atom stereocenters. The molecule has 0 spiro atoms. The van der Waals surface area contributed by atoms with Crippen LogP contribution in [-0.2, 0) is 12.7 Å². The summed E-state index contributed by atoms with van der Waals surface area (Å²) in [5.41, 5.74) is 7.21. The molecule has 0 bridgehead atoms. The van der Waals surface area contributed by atoms with Crippen molar-refractivity contribution >= 4 is 11.5 Å². The molecule has 0 aliphatic carbocycles. The number of benzene rings is 1. The quantitative estimate of drug-likeness (QED) is 0.634. The molecule has 0 fully saturated rings. The van der Waals surface area contributed by atoms with Gasteiger partial charge in [-0.15, -0.1) is 0 Å². The predicted molar refractivity (Wildman–Crippen MR) is 104 cm³/mol. The van der Waals surface area contributed by atoms with E-state index in [2.05, 4.69) is 9.97 Å². The predicted octanol–water partition coefficient (Wildman–Crippen LogP) is 2.67. The Morgan fingerprint density at radius 3 is 2.52 bits per heavy atom. The second kappa shape index (κ2) is 7.99. The van der Waals surface area contributed by atoms with Gasteiger partial charge < -0.3 is 15.1 Å². The van der Waals surface area contributed by atoms with Crippen molar-refractivity contribution < 1.29 is 22.0 Å². The molecule has 11 heteroatoms. The number of anilines is 1. The summed E-state index contributed by atoms with van der Waals surface area (Å²) in [6.07, 6.45) is -1.54. The fourth-order valence-electron chi connectivity index (χ4n) is 3.30. The van der Waals surface area contributed by atoms with Crippen molar-refractivity contribution in [1.29, 1.82) is 0 Å². The maximum absolute atomic E-state index is 13.1. The second-order valence-electron chi connectivity index (χ2n) is 7.01. The van der Waals surface area contributed by atoms with Crippen molar-refractivity contribution in [3.05, 3.63) is 82.2 Å². The third kappa shape index (κ3) is 4.50. The molecule has 0 amide bonds. The smallest absolute Gasteiger partial charge is 0.449 e. The van der Waals surface area contributed by atoms with Crippen LogP contribution in [0.3, 0.4) is 0 Å². The van der Waals surface area contributed by atoms with Gasteiger partial charge in [-0.2, -0.15) is 18.2 Å². The molecule has 1 aromatic carbocycles. The minimum Gasteiger partial charge on any atom is -0.455 e. The summed E-state index contributed by atoms with van der Waals surface area (Å²) in [6.45, 7) is 0.486. The molecular weight excluding hydrogens is 418 g/mol. The van der Waals surface area contributed by atoms with Crippen LogP contribution in [0.25, 0.3) is 5.57 Å². The Morgan fingerprint density at radius 1 is 1.16 bits per heavy atom. The summed E-state index contributed by atoms with van der Waals surface area (Å²) >= 11 is 0. The highest BCUT2D eigenvalue weighted by molar-refractivity contribution is 5.72. The lowest BCUT2D eigenvalue weighted by molar-refractivity contribution is -0.153. The van der Waals surface area contributed by atoms with Gasteiger partial charge in [-0.25, -0.2) is 14.2 Å². The van der Waals surface area contributed by atoms with Crippen LogP contribution >= 0.6 is 0 Å². The highest BCUT2D eigenvalue weighted by Gasteiger charge is 2.34. The fraction of sp³-hybridized carbons (Fsp3) is 0.250. The number of hydrogen-bond acceptors (Lipinski definition) is 6. The van der Waals surface area contributed by atoms with E-state index < -0.39 is 23.7 Å². The average Bonchev–Trinajstić information content (AvgIpc) is 3.19. The van der Waals surface area contributed by atoms with Crippen molar-refractivity contribution in [3.8, 4) is 0 Å². The van der Waals surface area contributed by atoms with Crippen LogP contribution in [0, 0.1) is 5.82 Å². The van der Waals surface area contributed by atoms with Gasteiger partial charge in [0.05, 0.1) is 6.54 Å². The first kappa shape index (κ1) is 20.8. The average molecular weight is 435 g/mol. The van der Waals surface area contributed by atoms with E-state index in [-0.39, 0.29) is 24.1 Å². The van der Waals surface area contributed by atoms with E-state index in [9.17, 15) is 22.4 Å². The molecule has 1 aliphatic heterocycles. The molecule has 4 rings (SSSR count). The van der Waals surface area contributed by atoms with E-state index in [1.807, 2.05) is 6.08 Å². The monoisotopic (exact) mass is 435 g/mol. The van der Waals surface area contributed by atoms with E-state index in [0.29, 0.717) is 13.1 Å². The summed E-state index contributed by atoms with van der Waals surface area (Å²) < 4.78 is 56.8.